The van der Waals surface area contributed by atoms with Gasteiger partial charge < -0.3 is 18.9 Å². The Labute approximate surface area is 211 Å². The highest BCUT2D eigenvalue weighted by Crippen LogP contribution is 2.33. The number of nitrogens with one attached hydrogen (secondary N) is 1. The summed E-state index contributed by atoms with van der Waals surface area (Å²) in [6.45, 7) is 8.44. The van der Waals surface area contributed by atoms with Crippen LogP contribution in [0.15, 0.2) is 55.1 Å². The maximum absolute atomic E-state index is 13.1. The summed E-state index contributed by atoms with van der Waals surface area (Å²) in [5.41, 5.74) is 4.35. The van der Waals surface area contributed by atoms with E-state index >= 15 is 0 Å². The predicted octanol–water partition coefficient (Wildman–Crippen LogP) is 4.50. The molecule has 8 heteroatoms. The third-order valence-electron chi connectivity index (χ3n) is 6.50. The van der Waals surface area contributed by atoms with E-state index in [1.807, 2.05) is 36.1 Å². The van der Waals surface area contributed by atoms with Crippen molar-refractivity contribution < 1.29 is 19.1 Å². The number of fused-ring (bicyclic) bond motifs is 1. The second kappa shape index (κ2) is 12.0. The molecule has 1 saturated heterocycles. The number of carbonyl (C=O) groups excluding carboxylic acids is 2. The largest absolute Gasteiger partial charge is 0.382 e. The minimum absolute atomic E-state index is 0.0324. The molecular formula is C28H34N4O4. The topological polar surface area (TPSA) is 85.7 Å². The highest BCUT2D eigenvalue weighted by Gasteiger charge is 2.27. The Balaban J connectivity index is 1.74. The van der Waals surface area contributed by atoms with E-state index < -0.39 is 0 Å². The van der Waals surface area contributed by atoms with Crippen molar-refractivity contribution in [2.24, 2.45) is 0 Å². The standard InChI is InChI=1S/C28H34N4O4/c1-4-25(33)31-13-9-8-12-23(18-31)32-26-20(2)16-21(19-36-15-14-35-3)17-24(26)29-28(32)30-27(34)22-10-6-5-7-11-22/h4-7,10-11,16-17,23H,1,8-9,12-15,18-19H2,2-3H3,(H,29,30,34). The number of benzene rings is 2. The number of carbonyl (C=O) groups is 2. The molecule has 0 spiro atoms. The molecule has 1 atom stereocenters. The zero-order valence-corrected chi connectivity index (χ0v) is 21.0. The zero-order valence-electron chi connectivity index (χ0n) is 21.0. The van der Waals surface area contributed by atoms with E-state index in [2.05, 4.69) is 22.5 Å². The van der Waals surface area contributed by atoms with Gasteiger partial charge in [0.15, 0.2) is 0 Å². The smallest absolute Gasteiger partial charge is 0.257 e. The van der Waals surface area contributed by atoms with E-state index in [-0.39, 0.29) is 17.9 Å². The van der Waals surface area contributed by atoms with E-state index in [4.69, 9.17) is 14.5 Å². The van der Waals surface area contributed by atoms with Gasteiger partial charge in [0.1, 0.15) is 0 Å². The first-order chi connectivity index (χ1) is 17.5. The van der Waals surface area contributed by atoms with Crippen LogP contribution in [0.5, 0.6) is 0 Å². The molecule has 0 bridgehead atoms. The molecule has 2 aromatic carbocycles. The number of hydrogen-bond acceptors (Lipinski definition) is 5. The zero-order chi connectivity index (χ0) is 25.5. The lowest BCUT2D eigenvalue weighted by atomic mass is 10.1. The lowest BCUT2D eigenvalue weighted by Gasteiger charge is -2.26. The summed E-state index contributed by atoms with van der Waals surface area (Å²) < 4.78 is 12.9. The Morgan fingerprint density at radius 1 is 1.19 bits per heavy atom. The molecule has 4 rings (SSSR count). The summed E-state index contributed by atoms with van der Waals surface area (Å²) in [6, 6.07) is 13.2. The van der Waals surface area contributed by atoms with Crippen LogP contribution in [0.3, 0.4) is 0 Å². The third kappa shape index (κ3) is 5.83. The molecule has 1 unspecified atom stereocenters. The summed E-state index contributed by atoms with van der Waals surface area (Å²) in [7, 11) is 1.65. The minimum atomic E-state index is -0.222. The van der Waals surface area contributed by atoms with Crippen molar-refractivity contribution >= 4 is 28.8 Å². The van der Waals surface area contributed by atoms with Crippen LogP contribution < -0.4 is 5.32 Å². The fraction of sp³-hybridized carbons (Fsp3) is 0.393. The van der Waals surface area contributed by atoms with Gasteiger partial charge in [-0.15, -0.1) is 0 Å². The first-order valence-corrected chi connectivity index (χ1v) is 12.4. The number of amides is 2. The van der Waals surface area contributed by atoms with Crippen molar-refractivity contribution in [1.82, 2.24) is 14.5 Å². The van der Waals surface area contributed by atoms with E-state index in [9.17, 15) is 9.59 Å². The summed E-state index contributed by atoms with van der Waals surface area (Å²) >= 11 is 0. The number of methoxy groups -OCH3 is 1. The molecule has 3 aromatic rings. The van der Waals surface area contributed by atoms with Gasteiger partial charge in [-0.3, -0.25) is 14.9 Å². The molecule has 1 aromatic heterocycles. The van der Waals surface area contributed by atoms with Crippen LogP contribution >= 0.6 is 0 Å². The van der Waals surface area contributed by atoms with E-state index in [0.717, 1.165) is 41.4 Å². The number of anilines is 1. The van der Waals surface area contributed by atoms with Gasteiger partial charge in [-0.1, -0.05) is 30.8 Å². The molecule has 0 aliphatic carbocycles. The Morgan fingerprint density at radius 3 is 2.75 bits per heavy atom. The normalized spacial score (nSPS) is 16.1. The lowest BCUT2D eigenvalue weighted by molar-refractivity contribution is -0.126. The van der Waals surface area contributed by atoms with Gasteiger partial charge in [0.2, 0.25) is 11.9 Å². The molecular weight excluding hydrogens is 456 g/mol. The third-order valence-corrected chi connectivity index (χ3v) is 6.50. The molecule has 2 amide bonds. The lowest BCUT2D eigenvalue weighted by Crippen LogP contribution is -2.34. The van der Waals surface area contributed by atoms with Crippen LogP contribution in [-0.4, -0.2) is 59.7 Å². The van der Waals surface area contributed by atoms with Gasteiger partial charge in [-0.2, -0.15) is 0 Å². The molecule has 190 valence electrons. The Morgan fingerprint density at radius 2 is 2.00 bits per heavy atom. The van der Waals surface area contributed by atoms with Gasteiger partial charge >= 0.3 is 0 Å². The van der Waals surface area contributed by atoms with E-state index in [1.54, 1.807) is 19.2 Å². The summed E-state index contributed by atoms with van der Waals surface area (Å²) in [5.74, 6) is 0.186. The van der Waals surface area contributed by atoms with Gasteiger partial charge in [0.05, 0.1) is 36.9 Å². The highest BCUT2D eigenvalue weighted by molar-refractivity contribution is 6.04. The number of aromatic nitrogens is 2. The fourth-order valence-electron chi connectivity index (χ4n) is 4.79. The SMILES string of the molecule is C=CC(=O)N1CCCCC(n2c(NC(=O)c3ccccc3)nc3cc(COCCOC)cc(C)c32)C1. The molecule has 1 N–H and O–H groups in total. The molecule has 0 saturated carbocycles. The minimum Gasteiger partial charge on any atom is -0.382 e. The molecule has 1 fully saturated rings. The van der Waals surface area contributed by atoms with Gasteiger partial charge in [0.25, 0.3) is 5.91 Å². The van der Waals surface area contributed by atoms with Crippen LogP contribution in [-0.2, 0) is 20.9 Å². The van der Waals surface area contributed by atoms with Crippen molar-refractivity contribution in [3.8, 4) is 0 Å². The Kier molecular flexibility index (Phi) is 8.51. The maximum atomic E-state index is 13.1. The number of aryl methyl sites for hydroxylation is 1. The highest BCUT2D eigenvalue weighted by atomic mass is 16.5. The average Bonchev–Trinajstić information content (AvgIpc) is 3.07. The first kappa shape index (κ1) is 25.6. The van der Waals surface area contributed by atoms with E-state index in [1.165, 1.54) is 6.08 Å². The molecule has 8 nitrogen and oxygen atoms in total. The van der Waals surface area contributed by atoms with Crippen molar-refractivity contribution in [1.29, 1.82) is 0 Å². The monoisotopic (exact) mass is 490 g/mol. The van der Waals surface area contributed by atoms with Crippen LogP contribution in [0, 0.1) is 6.92 Å². The van der Waals surface area contributed by atoms with Gasteiger partial charge in [-0.05, 0) is 61.6 Å². The van der Waals surface area contributed by atoms with Crippen LogP contribution in [0.2, 0.25) is 0 Å². The van der Waals surface area contributed by atoms with Crippen LogP contribution in [0.1, 0.15) is 46.8 Å². The second-order valence-electron chi connectivity index (χ2n) is 9.09. The number of imidazole rings is 1. The Hall–Kier alpha value is -3.49. The number of nitrogens with zero attached hydrogens (tertiary/aromatic N) is 3. The number of rotatable bonds is 9. The maximum Gasteiger partial charge on any atom is 0.257 e. The Bertz CT molecular complexity index is 1220. The number of hydrogen-bond donors (Lipinski definition) is 1. The fourth-order valence-corrected chi connectivity index (χ4v) is 4.79. The van der Waals surface area contributed by atoms with Crippen molar-refractivity contribution in [3.05, 3.63) is 71.8 Å². The molecule has 36 heavy (non-hydrogen) atoms. The van der Waals surface area contributed by atoms with Gasteiger partial charge in [-0.25, -0.2) is 4.98 Å². The van der Waals surface area contributed by atoms with Crippen molar-refractivity contribution in [2.75, 3.05) is 38.7 Å². The number of likely N-dealkylation sites (tertiary alicyclic amines) is 1. The van der Waals surface area contributed by atoms with E-state index in [0.29, 0.717) is 44.4 Å². The predicted molar refractivity (Wildman–Crippen MR) is 140 cm³/mol. The first-order valence-electron chi connectivity index (χ1n) is 12.4. The van der Waals surface area contributed by atoms with Crippen molar-refractivity contribution in [2.45, 2.75) is 38.8 Å². The average molecular weight is 491 g/mol. The van der Waals surface area contributed by atoms with Crippen LogP contribution in [0.4, 0.5) is 5.95 Å². The van der Waals surface area contributed by atoms with Gasteiger partial charge in [0, 0.05) is 25.8 Å². The number of ether oxygens (including phenoxy) is 2. The quantitative estimate of drug-likeness (QED) is 0.353. The molecule has 2 heterocycles. The second-order valence-corrected chi connectivity index (χ2v) is 9.09. The van der Waals surface area contributed by atoms with Crippen molar-refractivity contribution in [3.63, 3.8) is 0 Å². The molecule has 1 aliphatic heterocycles. The molecule has 1 aliphatic rings. The van der Waals surface area contributed by atoms with Crippen LogP contribution in [0.25, 0.3) is 11.0 Å². The summed E-state index contributed by atoms with van der Waals surface area (Å²) in [4.78, 5) is 32.3. The summed E-state index contributed by atoms with van der Waals surface area (Å²) in [6.07, 6.45) is 4.15. The summed E-state index contributed by atoms with van der Waals surface area (Å²) in [5, 5.41) is 3.04. The molecule has 0 radical (unpaired) electrons.